The van der Waals surface area contributed by atoms with Gasteiger partial charge in [-0.2, -0.15) is 0 Å². The maximum atomic E-state index is 13.6. The second-order valence-electron chi connectivity index (χ2n) is 5.96. The van der Waals surface area contributed by atoms with Crippen molar-refractivity contribution in [1.82, 2.24) is 4.90 Å². The van der Waals surface area contributed by atoms with E-state index < -0.39 is 11.6 Å². The Morgan fingerprint density at radius 2 is 2.22 bits per heavy atom. The zero-order chi connectivity index (χ0) is 16.2. The zero-order valence-electron chi connectivity index (χ0n) is 13.2. The average Bonchev–Trinajstić information content (AvgIpc) is 3.02. The average molecular weight is 321 g/mol. The number of hydrogen-bond donors (Lipinski definition) is 0. The normalized spacial score (nSPS) is 21.2. The van der Waals surface area contributed by atoms with Gasteiger partial charge < -0.3 is 14.4 Å². The highest BCUT2D eigenvalue weighted by atomic mass is 19.1. The van der Waals surface area contributed by atoms with Crippen molar-refractivity contribution in [2.75, 3.05) is 19.7 Å². The van der Waals surface area contributed by atoms with Crippen molar-refractivity contribution in [3.05, 3.63) is 59.0 Å². The van der Waals surface area contributed by atoms with Crippen molar-refractivity contribution >= 4 is 0 Å². The lowest BCUT2D eigenvalue weighted by molar-refractivity contribution is 0.0846. The molecule has 0 bridgehead atoms. The summed E-state index contributed by atoms with van der Waals surface area (Å²) in [6.07, 6.45) is 6.47. The van der Waals surface area contributed by atoms with Crippen LogP contribution in [0.1, 0.15) is 25.3 Å². The van der Waals surface area contributed by atoms with Gasteiger partial charge in [-0.1, -0.05) is 0 Å². The minimum absolute atomic E-state index is 0.0907. The molecule has 1 atom stereocenters. The van der Waals surface area contributed by atoms with Gasteiger partial charge in [-0.25, -0.2) is 8.78 Å². The third kappa shape index (κ3) is 4.10. The molecule has 1 aromatic carbocycles. The summed E-state index contributed by atoms with van der Waals surface area (Å²) in [7, 11) is 0. The van der Waals surface area contributed by atoms with Crippen LogP contribution in [0.25, 0.3) is 0 Å². The molecule has 1 fully saturated rings. The molecule has 5 heteroatoms. The van der Waals surface area contributed by atoms with Crippen LogP contribution in [0.2, 0.25) is 0 Å². The summed E-state index contributed by atoms with van der Waals surface area (Å²) in [5, 5.41) is 0. The van der Waals surface area contributed by atoms with E-state index in [2.05, 4.69) is 4.90 Å². The molecule has 1 saturated heterocycles. The van der Waals surface area contributed by atoms with E-state index in [1.54, 1.807) is 0 Å². The predicted octanol–water partition coefficient (Wildman–Crippen LogP) is 3.76. The van der Waals surface area contributed by atoms with Crippen molar-refractivity contribution in [3.63, 3.8) is 0 Å². The van der Waals surface area contributed by atoms with Crippen LogP contribution in [0.15, 0.2) is 41.8 Å². The minimum atomic E-state index is -0.581. The predicted molar refractivity (Wildman–Crippen MR) is 83.5 cm³/mol. The first-order valence-electron chi connectivity index (χ1n) is 7.93. The molecule has 2 heterocycles. The third-order valence-corrected chi connectivity index (χ3v) is 4.22. The van der Waals surface area contributed by atoms with Gasteiger partial charge in [0.05, 0.1) is 6.10 Å². The van der Waals surface area contributed by atoms with Crippen LogP contribution in [-0.2, 0) is 16.1 Å². The van der Waals surface area contributed by atoms with Gasteiger partial charge in [0.2, 0.25) is 0 Å². The Bertz CT molecular complexity index is 621. The summed E-state index contributed by atoms with van der Waals surface area (Å²) in [6.45, 7) is 4.62. The maximum absolute atomic E-state index is 13.6. The number of nitrogens with zero attached hydrogens (tertiary/aromatic N) is 1. The zero-order valence-corrected chi connectivity index (χ0v) is 13.2. The van der Waals surface area contributed by atoms with Crippen molar-refractivity contribution in [1.29, 1.82) is 0 Å². The monoisotopic (exact) mass is 321 g/mol. The van der Waals surface area contributed by atoms with E-state index in [0.717, 1.165) is 50.1 Å². The van der Waals surface area contributed by atoms with Gasteiger partial charge in [0.1, 0.15) is 24.0 Å². The molecule has 23 heavy (non-hydrogen) atoms. The van der Waals surface area contributed by atoms with E-state index in [9.17, 15) is 8.78 Å². The summed E-state index contributed by atoms with van der Waals surface area (Å²) in [4.78, 5) is 2.25. The highest BCUT2D eigenvalue weighted by Gasteiger charge is 2.20. The van der Waals surface area contributed by atoms with Crippen LogP contribution in [0.4, 0.5) is 8.78 Å². The Labute approximate surface area is 135 Å². The standard InChI is InChI=1S/C18H21F2NO2/c1-13-9-16(6-7-21(13)11-17-3-2-8-22-17)23-12-14-4-5-15(19)10-18(14)20/h4-6,9-10,17H,2-3,7-8,11-12H2,1H3. The Hall–Kier alpha value is -1.88. The number of hydrogen-bond acceptors (Lipinski definition) is 3. The first kappa shape index (κ1) is 16.0. The van der Waals surface area contributed by atoms with Crippen LogP contribution in [-0.4, -0.2) is 30.7 Å². The van der Waals surface area contributed by atoms with Crippen molar-refractivity contribution in [2.45, 2.75) is 32.5 Å². The lowest BCUT2D eigenvalue weighted by Crippen LogP contribution is -2.32. The van der Waals surface area contributed by atoms with Crippen LogP contribution in [0.3, 0.4) is 0 Å². The fourth-order valence-corrected chi connectivity index (χ4v) is 2.85. The van der Waals surface area contributed by atoms with E-state index in [1.807, 2.05) is 19.1 Å². The van der Waals surface area contributed by atoms with Gasteiger partial charge >= 0.3 is 0 Å². The van der Waals surface area contributed by atoms with Crippen LogP contribution in [0.5, 0.6) is 0 Å². The molecule has 1 unspecified atom stereocenters. The lowest BCUT2D eigenvalue weighted by atomic mass is 10.2. The lowest BCUT2D eigenvalue weighted by Gasteiger charge is -2.30. The van der Waals surface area contributed by atoms with E-state index in [4.69, 9.17) is 9.47 Å². The largest absolute Gasteiger partial charge is 0.489 e. The second kappa shape index (κ2) is 7.13. The van der Waals surface area contributed by atoms with Gasteiger partial charge in [-0.3, -0.25) is 0 Å². The Kier molecular flexibility index (Phi) is 4.96. The molecule has 0 N–H and O–H groups in total. The fourth-order valence-electron chi connectivity index (χ4n) is 2.85. The van der Waals surface area contributed by atoms with Crippen molar-refractivity contribution in [3.8, 4) is 0 Å². The summed E-state index contributed by atoms with van der Waals surface area (Å²) in [5.74, 6) is -0.444. The summed E-state index contributed by atoms with van der Waals surface area (Å²) < 4.78 is 37.8. The Morgan fingerprint density at radius 1 is 1.35 bits per heavy atom. The molecule has 0 spiro atoms. The first-order valence-corrected chi connectivity index (χ1v) is 7.93. The number of halogens is 2. The topological polar surface area (TPSA) is 21.7 Å². The Balaban J connectivity index is 1.54. The summed E-state index contributed by atoms with van der Waals surface area (Å²) >= 11 is 0. The van der Waals surface area contributed by atoms with Crippen LogP contribution in [0, 0.1) is 11.6 Å². The molecule has 2 aliphatic rings. The third-order valence-electron chi connectivity index (χ3n) is 4.22. The molecular weight excluding hydrogens is 300 g/mol. The highest BCUT2D eigenvalue weighted by Crippen LogP contribution is 2.21. The number of benzene rings is 1. The van der Waals surface area contributed by atoms with Gasteiger partial charge in [-0.05, 0) is 44.1 Å². The van der Waals surface area contributed by atoms with Crippen LogP contribution >= 0.6 is 0 Å². The van der Waals surface area contributed by atoms with E-state index >= 15 is 0 Å². The molecule has 2 aliphatic heterocycles. The maximum Gasteiger partial charge on any atom is 0.132 e. The molecule has 3 rings (SSSR count). The van der Waals surface area contributed by atoms with Crippen molar-refractivity contribution < 1.29 is 18.3 Å². The van der Waals surface area contributed by atoms with E-state index in [-0.39, 0.29) is 6.61 Å². The summed E-state index contributed by atoms with van der Waals surface area (Å²) in [6, 6.07) is 3.52. The van der Waals surface area contributed by atoms with E-state index in [0.29, 0.717) is 11.7 Å². The smallest absolute Gasteiger partial charge is 0.132 e. The molecule has 3 nitrogen and oxygen atoms in total. The molecule has 124 valence electrons. The van der Waals surface area contributed by atoms with E-state index in [1.165, 1.54) is 12.1 Å². The van der Waals surface area contributed by atoms with Gasteiger partial charge in [0, 0.05) is 37.0 Å². The summed E-state index contributed by atoms with van der Waals surface area (Å²) in [5.41, 5.74) is 1.46. The first-order chi connectivity index (χ1) is 11.1. The number of allylic oxidation sites excluding steroid dienone is 2. The number of rotatable bonds is 5. The highest BCUT2D eigenvalue weighted by molar-refractivity contribution is 5.24. The number of ether oxygens (including phenoxy) is 2. The quantitative estimate of drug-likeness (QED) is 0.824. The van der Waals surface area contributed by atoms with Gasteiger partial charge in [-0.15, -0.1) is 0 Å². The van der Waals surface area contributed by atoms with Gasteiger partial charge in [0.25, 0.3) is 0 Å². The molecule has 0 saturated carbocycles. The molecular formula is C18H21F2NO2. The minimum Gasteiger partial charge on any atom is -0.489 e. The fraction of sp³-hybridized carbons (Fsp3) is 0.444. The van der Waals surface area contributed by atoms with Crippen LogP contribution < -0.4 is 0 Å². The molecule has 1 aromatic rings. The van der Waals surface area contributed by atoms with Crippen molar-refractivity contribution in [2.24, 2.45) is 0 Å². The SMILES string of the molecule is CC1=CC(OCc2ccc(F)cc2F)=CCN1CC1CCCO1. The Morgan fingerprint density at radius 3 is 2.91 bits per heavy atom. The molecule has 0 radical (unpaired) electrons. The molecule has 0 amide bonds. The van der Waals surface area contributed by atoms with Gasteiger partial charge in [0.15, 0.2) is 0 Å². The molecule has 0 aliphatic carbocycles. The second-order valence-corrected chi connectivity index (χ2v) is 5.96. The molecule has 0 aromatic heterocycles.